The Hall–Kier alpha value is -2.39. The van der Waals surface area contributed by atoms with Gasteiger partial charge in [-0.15, -0.1) is 10.2 Å². The van der Waals surface area contributed by atoms with E-state index in [4.69, 9.17) is 5.26 Å². The zero-order valence-corrected chi connectivity index (χ0v) is 13.7. The molecule has 1 aliphatic heterocycles. The molecular formula is C17H22N6. The van der Waals surface area contributed by atoms with Gasteiger partial charge in [-0.05, 0) is 37.6 Å². The highest BCUT2D eigenvalue weighted by molar-refractivity contribution is 5.49. The van der Waals surface area contributed by atoms with Crippen molar-refractivity contribution in [2.45, 2.75) is 19.9 Å². The minimum Gasteiger partial charge on any atom is -0.370 e. The number of nitrogens with zero attached hydrogens (tertiary/aromatic N) is 6. The lowest BCUT2D eigenvalue weighted by Gasteiger charge is -2.23. The smallest absolute Gasteiger partial charge is 0.146 e. The lowest BCUT2D eigenvalue weighted by Crippen LogP contribution is -2.31. The summed E-state index contributed by atoms with van der Waals surface area (Å²) >= 11 is 0. The van der Waals surface area contributed by atoms with E-state index in [2.05, 4.69) is 30.6 Å². The molecule has 0 spiro atoms. The SMILES string of the molecule is Cc1nnc(CN2CCCN(c3ccc(C#N)cc3)CC2)n1C. The number of rotatable bonds is 3. The maximum Gasteiger partial charge on any atom is 0.146 e. The van der Waals surface area contributed by atoms with Gasteiger partial charge < -0.3 is 9.47 Å². The monoisotopic (exact) mass is 310 g/mol. The van der Waals surface area contributed by atoms with E-state index in [0.29, 0.717) is 5.56 Å². The fraction of sp³-hybridized carbons (Fsp3) is 0.471. The number of nitriles is 1. The zero-order valence-electron chi connectivity index (χ0n) is 13.7. The van der Waals surface area contributed by atoms with Crippen molar-refractivity contribution in [1.82, 2.24) is 19.7 Å². The highest BCUT2D eigenvalue weighted by Gasteiger charge is 2.17. The maximum absolute atomic E-state index is 8.90. The number of aromatic nitrogens is 3. The summed E-state index contributed by atoms with van der Waals surface area (Å²) in [6.45, 7) is 6.93. The molecular weight excluding hydrogens is 288 g/mol. The van der Waals surface area contributed by atoms with Crippen molar-refractivity contribution in [2.75, 3.05) is 31.1 Å². The van der Waals surface area contributed by atoms with Gasteiger partial charge in [-0.2, -0.15) is 5.26 Å². The largest absolute Gasteiger partial charge is 0.370 e. The number of hydrogen-bond donors (Lipinski definition) is 0. The molecule has 1 fully saturated rings. The third kappa shape index (κ3) is 3.51. The molecule has 0 amide bonds. The minimum absolute atomic E-state index is 0.711. The number of hydrogen-bond acceptors (Lipinski definition) is 5. The molecule has 1 aromatic carbocycles. The Morgan fingerprint density at radius 1 is 1.09 bits per heavy atom. The summed E-state index contributed by atoms with van der Waals surface area (Å²) in [5.74, 6) is 1.98. The summed E-state index contributed by atoms with van der Waals surface area (Å²) < 4.78 is 2.06. The summed E-state index contributed by atoms with van der Waals surface area (Å²) in [5, 5.41) is 17.3. The predicted molar refractivity (Wildman–Crippen MR) is 89.0 cm³/mol. The molecule has 0 atom stereocenters. The maximum atomic E-state index is 8.90. The van der Waals surface area contributed by atoms with Gasteiger partial charge in [0, 0.05) is 38.9 Å². The normalized spacial score (nSPS) is 16.1. The predicted octanol–water partition coefficient (Wildman–Crippen LogP) is 1.71. The Morgan fingerprint density at radius 3 is 2.52 bits per heavy atom. The van der Waals surface area contributed by atoms with E-state index < -0.39 is 0 Å². The summed E-state index contributed by atoms with van der Waals surface area (Å²) in [6, 6.07) is 10.0. The summed E-state index contributed by atoms with van der Waals surface area (Å²) in [6.07, 6.45) is 1.12. The molecule has 23 heavy (non-hydrogen) atoms. The fourth-order valence-electron chi connectivity index (χ4n) is 2.92. The summed E-state index contributed by atoms with van der Waals surface area (Å²) in [7, 11) is 2.02. The van der Waals surface area contributed by atoms with Crippen LogP contribution >= 0.6 is 0 Å². The van der Waals surface area contributed by atoms with Gasteiger partial charge in [0.05, 0.1) is 18.2 Å². The van der Waals surface area contributed by atoms with E-state index in [1.54, 1.807) is 0 Å². The third-order valence-corrected chi connectivity index (χ3v) is 4.50. The third-order valence-electron chi connectivity index (χ3n) is 4.50. The van der Waals surface area contributed by atoms with Gasteiger partial charge in [0.15, 0.2) is 0 Å². The van der Waals surface area contributed by atoms with Crippen molar-refractivity contribution in [3.05, 3.63) is 41.5 Å². The van der Waals surface area contributed by atoms with E-state index in [0.717, 1.165) is 50.8 Å². The van der Waals surface area contributed by atoms with Crippen LogP contribution in [0.25, 0.3) is 0 Å². The lowest BCUT2D eigenvalue weighted by molar-refractivity contribution is 0.275. The van der Waals surface area contributed by atoms with Crippen molar-refractivity contribution >= 4 is 5.69 Å². The second-order valence-electron chi connectivity index (χ2n) is 6.00. The molecule has 6 heteroatoms. The molecule has 120 valence electrons. The van der Waals surface area contributed by atoms with Gasteiger partial charge in [-0.1, -0.05) is 0 Å². The Balaban J connectivity index is 1.62. The van der Waals surface area contributed by atoms with Gasteiger partial charge in [-0.3, -0.25) is 4.90 Å². The molecule has 0 aliphatic carbocycles. The molecule has 1 saturated heterocycles. The van der Waals surface area contributed by atoms with Crippen molar-refractivity contribution in [3.63, 3.8) is 0 Å². The first-order valence-electron chi connectivity index (χ1n) is 7.99. The first kappa shape index (κ1) is 15.5. The van der Waals surface area contributed by atoms with E-state index in [9.17, 15) is 0 Å². The van der Waals surface area contributed by atoms with Gasteiger partial charge in [0.1, 0.15) is 11.6 Å². The lowest BCUT2D eigenvalue weighted by atomic mass is 10.2. The van der Waals surface area contributed by atoms with Crippen LogP contribution in [-0.2, 0) is 13.6 Å². The number of benzene rings is 1. The summed E-state index contributed by atoms with van der Waals surface area (Å²) in [5.41, 5.74) is 1.91. The quantitative estimate of drug-likeness (QED) is 0.863. The van der Waals surface area contributed by atoms with Gasteiger partial charge in [0.25, 0.3) is 0 Å². The van der Waals surface area contributed by atoms with Crippen LogP contribution in [0.1, 0.15) is 23.6 Å². The standard InChI is InChI=1S/C17H22N6/c1-14-19-20-17(21(14)2)13-22-8-3-9-23(11-10-22)16-6-4-15(12-18)5-7-16/h4-7H,3,8-11,13H2,1-2H3. The van der Waals surface area contributed by atoms with Crippen LogP contribution in [0.4, 0.5) is 5.69 Å². The van der Waals surface area contributed by atoms with Gasteiger partial charge >= 0.3 is 0 Å². The van der Waals surface area contributed by atoms with Crippen LogP contribution < -0.4 is 4.90 Å². The van der Waals surface area contributed by atoms with Crippen LogP contribution in [0.5, 0.6) is 0 Å². The van der Waals surface area contributed by atoms with Crippen LogP contribution in [-0.4, -0.2) is 45.8 Å². The number of anilines is 1. The minimum atomic E-state index is 0.711. The molecule has 0 radical (unpaired) electrons. The molecule has 3 rings (SSSR count). The molecule has 1 aromatic heterocycles. The molecule has 1 aliphatic rings. The molecule has 0 unspecified atom stereocenters. The van der Waals surface area contributed by atoms with E-state index in [-0.39, 0.29) is 0 Å². The first-order chi connectivity index (χ1) is 11.2. The molecule has 2 heterocycles. The van der Waals surface area contributed by atoms with E-state index >= 15 is 0 Å². The van der Waals surface area contributed by atoms with Gasteiger partial charge in [0.2, 0.25) is 0 Å². The van der Waals surface area contributed by atoms with E-state index in [1.807, 2.05) is 38.2 Å². The Bertz CT molecular complexity index is 697. The molecule has 0 saturated carbocycles. The second kappa shape index (κ2) is 6.80. The topological polar surface area (TPSA) is 61.0 Å². The molecule has 6 nitrogen and oxygen atoms in total. The van der Waals surface area contributed by atoms with Gasteiger partial charge in [-0.25, -0.2) is 0 Å². The van der Waals surface area contributed by atoms with E-state index in [1.165, 1.54) is 5.69 Å². The highest BCUT2D eigenvalue weighted by Crippen LogP contribution is 2.18. The van der Waals surface area contributed by atoms with Crippen molar-refractivity contribution < 1.29 is 0 Å². The van der Waals surface area contributed by atoms with Crippen molar-refractivity contribution in [3.8, 4) is 6.07 Å². The average molecular weight is 310 g/mol. The van der Waals surface area contributed by atoms with Crippen molar-refractivity contribution in [2.24, 2.45) is 7.05 Å². The Kier molecular flexibility index (Phi) is 4.58. The van der Waals surface area contributed by atoms with Crippen molar-refractivity contribution in [1.29, 1.82) is 5.26 Å². The van der Waals surface area contributed by atoms with Crippen LogP contribution in [0, 0.1) is 18.3 Å². The second-order valence-corrected chi connectivity index (χ2v) is 6.00. The first-order valence-corrected chi connectivity index (χ1v) is 7.99. The fourth-order valence-corrected chi connectivity index (χ4v) is 2.92. The molecule has 0 N–H and O–H groups in total. The highest BCUT2D eigenvalue weighted by atomic mass is 15.3. The van der Waals surface area contributed by atoms with Crippen LogP contribution in [0.2, 0.25) is 0 Å². The Labute approximate surface area is 137 Å². The summed E-state index contributed by atoms with van der Waals surface area (Å²) in [4.78, 5) is 4.83. The van der Waals surface area contributed by atoms with Crippen LogP contribution in [0.3, 0.4) is 0 Å². The zero-order chi connectivity index (χ0) is 16.2. The Morgan fingerprint density at radius 2 is 1.87 bits per heavy atom. The number of aryl methyl sites for hydroxylation is 1. The molecule has 2 aromatic rings. The average Bonchev–Trinajstić information content (AvgIpc) is 2.79. The van der Waals surface area contributed by atoms with Crippen LogP contribution in [0.15, 0.2) is 24.3 Å². The molecule has 0 bridgehead atoms.